The third kappa shape index (κ3) is 3.09. The number of nitrogens with zero attached hydrogens (tertiary/aromatic N) is 1. The minimum absolute atomic E-state index is 0.0384. The molecular formula is C14H12FNO3S3. The van der Waals surface area contributed by atoms with Gasteiger partial charge in [0.05, 0.1) is 22.5 Å². The number of amides is 1. The minimum atomic E-state index is -3.08. The zero-order chi connectivity index (χ0) is 15.9. The Morgan fingerprint density at radius 2 is 2.00 bits per heavy atom. The number of thiocarbonyl (C=S) groups is 1. The van der Waals surface area contributed by atoms with E-state index >= 15 is 0 Å². The van der Waals surface area contributed by atoms with Gasteiger partial charge in [0.25, 0.3) is 5.91 Å². The lowest BCUT2D eigenvalue weighted by molar-refractivity contribution is -0.123. The Bertz CT molecular complexity index is 771. The highest BCUT2D eigenvalue weighted by molar-refractivity contribution is 8.26. The van der Waals surface area contributed by atoms with Crippen LogP contribution in [-0.4, -0.2) is 41.1 Å². The predicted molar refractivity (Wildman–Crippen MR) is 88.5 cm³/mol. The standard InChI is InChI=1S/C14H12FNO3S3/c15-10-3-1-9(2-4-10)7-12-13(17)16(14(20)21-12)11-5-6-22(18,19)8-11/h1-4,7,11H,5-6,8H2/b12-7+/t11-/m0/s1. The van der Waals surface area contributed by atoms with E-state index in [0.717, 1.165) is 11.8 Å². The van der Waals surface area contributed by atoms with Crippen LogP contribution in [0.25, 0.3) is 6.08 Å². The van der Waals surface area contributed by atoms with Crippen molar-refractivity contribution in [3.63, 3.8) is 0 Å². The van der Waals surface area contributed by atoms with E-state index in [1.165, 1.54) is 17.0 Å². The molecule has 2 aliphatic rings. The molecule has 116 valence electrons. The van der Waals surface area contributed by atoms with Crippen molar-refractivity contribution >= 4 is 50.1 Å². The molecule has 0 N–H and O–H groups in total. The second-order valence-electron chi connectivity index (χ2n) is 5.16. The first-order chi connectivity index (χ1) is 10.4. The van der Waals surface area contributed by atoms with E-state index in [-0.39, 0.29) is 29.3 Å². The molecule has 1 atom stereocenters. The maximum atomic E-state index is 12.9. The lowest BCUT2D eigenvalue weighted by Crippen LogP contribution is -2.39. The van der Waals surface area contributed by atoms with Crippen LogP contribution >= 0.6 is 24.0 Å². The molecule has 1 aromatic rings. The maximum absolute atomic E-state index is 12.9. The molecule has 22 heavy (non-hydrogen) atoms. The molecule has 0 unspecified atom stereocenters. The Morgan fingerprint density at radius 3 is 2.59 bits per heavy atom. The van der Waals surface area contributed by atoms with E-state index in [9.17, 15) is 17.6 Å². The van der Waals surface area contributed by atoms with Gasteiger partial charge in [0.2, 0.25) is 0 Å². The van der Waals surface area contributed by atoms with Crippen molar-refractivity contribution in [2.24, 2.45) is 0 Å². The molecule has 0 bridgehead atoms. The van der Waals surface area contributed by atoms with Crippen molar-refractivity contribution in [3.8, 4) is 0 Å². The van der Waals surface area contributed by atoms with Gasteiger partial charge in [-0.25, -0.2) is 12.8 Å². The number of carbonyl (C=O) groups is 1. The number of hydrogen-bond acceptors (Lipinski definition) is 5. The van der Waals surface area contributed by atoms with Gasteiger partial charge in [-0.1, -0.05) is 36.1 Å². The van der Waals surface area contributed by atoms with Crippen LogP contribution in [0.5, 0.6) is 0 Å². The van der Waals surface area contributed by atoms with Crippen molar-refractivity contribution in [1.29, 1.82) is 0 Å². The fraction of sp³-hybridized carbons (Fsp3) is 0.286. The van der Waals surface area contributed by atoms with Crippen molar-refractivity contribution in [3.05, 3.63) is 40.6 Å². The third-order valence-electron chi connectivity index (χ3n) is 3.56. The first-order valence-corrected chi connectivity index (χ1v) is 9.63. The largest absolute Gasteiger partial charge is 0.289 e. The summed E-state index contributed by atoms with van der Waals surface area (Å²) in [5.74, 6) is -0.572. The quantitative estimate of drug-likeness (QED) is 0.600. The van der Waals surface area contributed by atoms with Gasteiger partial charge in [0, 0.05) is 0 Å². The molecular weight excluding hydrogens is 345 g/mol. The van der Waals surface area contributed by atoms with Gasteiger partial charge < -0.3 is 0 Å². The Labute approximate surface area is 137 Å². The minimum Gasteiger partial charge on any atom is -0.289 e. The summed E-state index contributed by atoms with van der Waals surface area (Å²) in [4.78, 5) is 14.3. The van der Waals surface area contributed by atoms with Crippen LogP contribution in [0.4, 0.5) is 4.39 Å². The molecule has 8 heteroatoms. The average molecular weight is 357 g/mol. The molecule has 2 saturated heterocycles. The molecule has 2 fully saturated rings. The zero-order valence-electron chi connectivity index (χ0n) is 11.4. The lowest BCUT2D eigenvalue weighted by Gasteiger charge is -2.20. The van der Waals surface area contributed by atoms with Crippen molar-refractivity contribution in [2.75, 3.05) is 11.5 Å². The summed E-state index contributed by atoms with van der Waals surface area (Å²) in [7, 11) is -3.08. The van der Waals surface area contributed by atoms with Gasteiger partial charge in [-0.05, 0) is 30.2 Å². The SMILES string of the molecule is O=C1/C(=C\c2ccc(F)cc2)SC(=S)N1[C@H]1CCS(=O)(=O)C1. The summed E-state index contributed by atoms with van der Waals surface area (Å²) in [6.45, 7) is 0. The highest BCUT2D eigenvalue weighted by Gasteiger charge is 2.41. The number of rotatable bonds is 2. The smallest absolute Gasteiger partial charge is 0.266 e. The Morgan fingerprint density at radius 1 is 1.32 bits per heavy atom. The Hall–Kier alpha value is -1.25. The summed E-state index contributed by atoms with van der Waals surface area (Å²) in [6.07, 6.45) is 2.06. The van der Waals surface area contributed by atoms with Crippen LogP contribution in [0.2, 0.25) is 0 Å². The van der Waals surface area contributed by atoms with E-state index in [2.05, 4.69) is 0 Å². The van der Waals surface area contributed by atoms with Crippen molar-refractivity contribution in [2.45, 2.75) is 12.5 Å². The second kappa shape index (κ2) is 5.75. The number of thioether (sulfide) groups is 1. The normalized spacial score (nSPS) is 26.1. The highest BCUT2D eigenvalue weighted by Crippen LogP contribution is 2.36. The van der Waals surface area contributed by atoms with Crippen LogP contribution in [0.15, 0.2) is 29.2 Å². The van der Waals surface area contributed by atoms with Crippen LogP contribution in [-0.2, 0) is 14.6 Å². The molecule has 4 nitrogen and oxygen atoms in total. The number of sulfone groups is 1. The number of benzene rings is 1. The average Bonchev–Trinajstić information content (AvgIpc) is 2.93. The van der Waals surface area contributed by atoms with E-state index in [4.69, 9.17) is 12.2 Å². The van der Waals surface area contributed by atoms with Crippen LogP contribution in [0.1, 0.15) is 12.0 Å². The van der Waals surface area contributed by atoms with Crippen LogP contribution < -0.4 is 0 Å². The van der Waals surface area contributed by atoms with Gasteiger partial charge in [-0.15, -0.1) is 0 Å². The molecule has 3 rings (SSSR count). The summed E-state index contributed by atoms with van der Waals surface area (Å²) in [5, 5.41) is 0. The van der Waals surface area contributed by atoms with E-state index in [1.54, 1.807) is 18.2 Å². The Balaban J connectivity index is 1.84. The molecule has 0 radical (unpaired) electrons. The topological polar surface area (TPSA) is 54.5 Å². The molecule has 0 aromatic heterocycles. The zero-order valence-corrected chi connectivity index (χ0v) is 13.8. The highest BCUT2D eigenvalue weighted by atomic mass is 32.2. The fourth-order valence-corrected chi connectivity index (χ4v) is 5.58. The van der Waals surface area contributed by atoms with Crippen LogP contribution in [0, 0.1) is 5.82 Å². The van der Waals surface area contributed by atoms with E-state index < -0.39 is 9.84 Å². The number of carbonyl (C=O) groups excluding carboxylic acids is 1. The van der Waals surface area contributed by atoms with Gasteiger partial charge in [-0.3, -0.25) is 9.69 Å². The fourth-order valence-electron chi connectivity index (χ4n) is 2.48. The van der Waals surface area contributed by atoms with Gasteiger partial charge >= 0.3 is 0 Å². The van der Waals surface area contributed by atoms with E-state index in [1.807, 2.05) is 0 Å². The molecule has 0 aliphatic carbocycles. The number of halogens is 1. The molecule has 1 aromatic carbocycles. The molecule has 2 aliphatic heterocycles. The summed E-state index contributed by atoms with van der Waals surface area (Å²) < 4.78 is 36.4. The summed E-state index contributed by atoms with van der Waals surface area (Å²) in [5.41, 5.74) is 0.695. The number of hydrogen-bond donors (Lipinski definition) is 0. The molecule has 0 saturated carbocycles. The van der Waals surface area contributed by atoms with Gasteiger partial charge in [0.15, 0.2) is 9.84 Å². The van der Waals surface area contributed by atoms with Crippen LogP contribution in [0.3, 0.4) is 0 Å². The third-order valence-corrected chi connectivity index (χ3v) is 6.65. The van der Waals surface area contributed by atoms with Gasteiger partial charge in [0.1, 0.15) is 10.1 Å². The van der Waals surface area contributed by atoms with E-state index in [0.29, 0.717) is 21.2 Å². The molecule has 0 spiro atoms. The van der Waals surface area contributed by atoms with Gasteiger partial charge in [-0.2, -0.15) is 0 Å². The molecule has 2 heterocycles. The summed E-state index contributed by atoms with van der Waals surface area (Å²) in [6, 6.07) is 5.40. The molecule has 1 amide bonds. The van der Waals surface area contributed by atoms with Crippen molar-refractivity contribution < 1.29 is 17.6 Å². The maximum Gasteiger partial charge on any atom is 0.266 e. The summed E-state index contributed by atoms with van der Waals surface area (Å²) >= 11 is 6.36. The lowest BCUT2D eigenvalue weighted by atomic mass is 10.2. The van der Waals surface area contributed by atoms with Crippen molar-refractivity contribution in [1.82, 2.24) is 4.90 Å². The first kappa shape index (κ1) is 15.6. The monoisotopic (exact) mass is 357 g/mol. The predicted octanol–water partition coefficient (Wildman–Crippen LogP) is 2.21. The Kier molecular flexibility index (Phi) is 4.09. The second-order valence-corrected chi connectivity index (χ2v) is 9.06. The first-order valence-electron chi connectivity index (χ1n) is 6.59.